The number of hydrogen-bond donors (Lipinski definition) is 0. The van der Waals surface area contributed by atoms with Crippen LogP contribution in [0.4, 0.5) is 17.6 Å². The summed E-state index contributed by atoms with van der Waals surface area (Å²) >= 11 is 0. The molecule has 26 heavy (non-hydrogen) atoms. The highest BCUT2D eigenvalue weighted by Crippen LogP contribution is 2.30. The molecule has 0 saturated carbocycles. The van der Waals surface area contributed by atoms with Crippen molar-refractivity contribution in [2.75, 3.05) is 0 Å². The maximum atomic E-state index is 13.1. The Balaban J connectivity index is 2.15. The third-order valence-electron chi connectivity index (χ3n) is 3.87. The fourth-order valence-electron chi connectivity index (χ4n) is 2.58. The summed E-state index contributed by atoms with van der Waals surface area (Å²) in [6, 6.07) is 10.7. The number of hydrogen-bond acceptors (Lipinski definition) is 3. The highest BCUT2D eigenvalue weighted by atomic mass is 19.4. The average molecular weight is 364 g/mol. The zero-order valence-corrected chi connectivity index (χ0v) is 13.3. The van der Waals surface area contributed by atoms with Crippen molar-refractivity contribution >= 4 is 16.8 Å². The van der Waals surface area contributed by atoms with Gasteiger partial charge >= 0.3 is 6.18 Å². The predicted molar refractivity (Wildman–Crippen MR) is 86.6 cm³/mol. The van der Waals surface area contributed by atoms with E-state index in [2.05, 4.69) is 4.98 Å². The molecule has 0 N–H and O–H groups in total. The van der Waals surface area contributed by atoms with Crippen LogP contribution in [0.3, 0.4) is 0 Å². The molecule has 1 heterocycles. The number of nitrogens with zero attached hydrogens (tertiary/aromatic N) is 2. The number of ketones is 1. The standard InChI is InChI=1S/C18H12F4N2O2/c19-9-14-17(26)24(10-16(25)11-4-2-1-3-5-11)15-7-6-12(18(20,21)22)8-13(15)23-14/h1-8H,9-10H2. The molecule has 1 aromatic heterocycles. The molecule has 0 unspecified atom stereocenters. The Kier molecular flexibility index (Phi) is 4.58. The second-order valence-corrected chi connectivity index (χ2v) is 5.57. The van der Waals surface area contributed by atoms with Gasteiger partial charge in [-0.2, -0.15) is 13.2 Å². The van der Waals surface area contributed by atoms with E-state index in [9.17, 15) is 27.2 Å². The number of Topliss-reactive ketones (excluding diaryl/α,β-unsaturated/α-hetero) is 1. The van der Waals surface area contributed by atoms with Gasteiger partial charge < -0.3 is 0 Å². The number of carbonyl (C=O) groups excluding carboxylic acids is 1. The number of benzene rings is 2. The minimum Gasteiger partial charge on any atom is -0.297 e. The fraction of sp³-hybridized carbons (Fsp3) is 0.167. The molecule has 2 aromatic carbocycles. The Morgan fingerprint density at radius 1 is 1.08 bits per heavy atom. The van der Waals surface area contributed by atoms with Gasteiger partial charge in [-0.1, -0.05) is 30.3 Å². The van der Waals surface area contributed by atoms with Crippen LogP contribution in [0.25, 0.3) is 11.0 Å². The van der Waals surface area contributed by atoms with Crippen LogP contribution in [0, 0.1) is 0 Å². The molecule has 0 amide bonds. The third kappa shape index (κ3) is 3.35. The van der Waals surface area contributed by atoms with Gasteiger partial charge in [0.15, 0.2) is 5.78 Å². The summed E-state index contributed by atoms with van der Waals surface area (Å²) in [5, 5.41) is 0. The summed E-state index contributed by atoms with van der Waals surface area (Å²) in [6.45, 7) is -1.68. The molecule has 0 saturated heterocycles. The summed E-state index contributed by atoms with van der Waals surface area (Å²) < 4.78 is 52.7. The van der Waals surface area contributed by atoms with Gasteiger partial charge in [0.1, 0.15) is 12.4 Å². The molecule has 0 bridgehead atoms. The molecule has 0 aliphatic rings. The van der Waals surface area contributed by atoms with Crippen molar-refractivity contribution < 1.29 is 22.4 Å². The van der Waals surface area contributed by atoms with Gasteiger partial charge in [0.05, 0.1) is 23.1 Å². The normalized spacial score (nSPS) is 11.7. The van der Waals surface area contributed by atoms with Crippen molar-refractivity contribution in [1.82, 2.24) is 9.55 Å². The van der Waals surface area contributed by atoms with Crippen LogP contribution in [0.5, 0.6) is 0 Å². The van der Waals surface area contributed by atoms with Gasteiger partial charge in [-0.25, -0.2) is 9.37 Å². The van der Waals surface area contributed by atoms with Crippen molar-refractivity contribution in [3.05, 3.63) is 75.7 Å². The maximum absolute atomic E-state index is 13.1. The van der Waals surface area contributed by atoms with E-state index in [1.54, 1.807) is 30.3 Å². The predicted octanol–water partition coefficient (Wildman–Crippen LogP) is 3.77. The monoisotopic (exact) mass is 364 g/mol. The van der Waals surface area contributed by atoms with E-state index in [4.69, 9.17) is 0 Å². The topological polar surface area (TPSA) is 52.0 Å². The van der Waals surface area contributed by atoms with E-state index >= 15 is 0 Å². The van der Waals surface area contributed by atoms with Crippen LogP contribution >= 0.6 is 0 Å². The molecule has 134 valence electrons. The molecule has 0 aliphatic heterocycles. The minimum absolute atomic E-state index is 0.0319. The van der Waals surface area contributed by atoms with Crippen molar-refractivity contribution in [3.63, 3.8) is 0 Å². The molecule has 3 rings (SSSR count). The first kappa shape index (κ1) is 17.8. The lowest BCUT2D eigenvalue weighted by Gasteiger charge is -2.13. The van der Waals surface area contributed by atoms with Crippen LogP contribution in [-0.4, -0.2) is 15.3 Å². The summed E-state index contributed by atoms with van der Waals surface area (Å²) in [7, 11) is 0. The number of carbonyl (C=O) groups is 1. The Hall–Kier alpha value is -3.03. The summed E-state index contributed by atoms with van der Waals surface area (Å²) in [6.07, 6.45) is -4.60. The summed E-state index contributed by atoms with van der Waals surface area (Å²) in [5.41, 5.74) is -2.20. The Morgan fingerprint density at radius 2 is 1.77 bits per heavy atom. The zero-order chi connectivity index (χ0) is 18.9. The molecule has 0 aliphatic carbocycles. The number of halogens is 4. The van der Waals surface area contributed by atoms with Crippen LogP contribution in [-0.2, 0) is 19.4 Å². The molecular weight excluding hydrogens is 352 g/mol. The maximum Gasteiger partial charge on any atom is 0.416 e. The minimum atomic E-state index is -4.60. The molecule has 0 atom stereocenters. The van der Waals surface area contributed by atoms with E-state index in [1.165, 1.54) is 0 Å². The van der Waals surface area contributed by atoms with Gasteiger partial charge in [0, 0.05) is 5.56 Å². The SMILES string of the molecule is O=C(Cn1c(=O)c(CF)nc2cc(C(F)(F)F)ccc21)c1ccccc1. The number of rotatable bonds is 4. The highest BCUT2D eigenvalue weighted by molar-refractivity contribution is 5.96. The lowest BCUT2D eigenvalue weighted by Crippen LogP contribution is -2.28. The van der Waals surface area contributed by atoms with E-state index in [1.807, 2.05) is 0 Å². The second-order valence-electron chi connectivity index (χ2n) is 5.57. The first-order valence-electron chi connectivity index (χ1n) is 7.56. The summed E-state index contributed by atoms with van der Waals surface area (Å²) in [4.78, 5) is 28.4. The average Bonchev–Trinajstić information content (AvgIpc) is 2.63. The van der Waals surface area contributed by atoms with E-state index in [0.29, 0.717) is 5.56 Å². The highest BCUT2D eigenvalue weighted by Gasteiger charge is 2.31. The molecule has 0 fully saturated rings. The van der Waals surface area contributed by atoms with Crippen molar-refractivity contribution in [3.8, 4) is 0 Å². The van der Waals surface area contributed by atoms with Crippen molar-refractivity contribution in [2.24, 2.45) is 0 Å². The van der Waals surface area contributed by atoms with Crippen LogP contribution in [0.2, 0.25) is 0 Å². The van der Waals surface area contributed by atoms with Gasteiger partial charge in [-0.3, -0.25) is 14.2 Å². The van der Waals surface area contributed by atoms with Crippen LogP contribution in [0.15, 0.2) is 53.3 Å². The first-order valence-corrected chi connectivity index (χ1v) is 7.56. The number of alkyl halides is 4. The van der Waals surface area contributed by atoms with Gasteiger partial charge in [-0.15, -0.1) is 0 Å². The lowest BCUT2D eigenvalue weighted by atomic mass is 10.1. The van der Waals surface area contributed by atoms with Gasteiger partial charge in [0.25, 0.3) is 5.56 Å². The van der Waals surface area contributed by atoms with Crippen LogP contribution < -0.4 is 5.56 Å². The van der Waals surface area contributed by atoms with Gasteiger partial charge in [-0.05, 0) is 18.2 Å². The Bertz CT molecular complexity index is 1030. The smallest absolute Gasteiger partial charge is 0.297 e. The second kappa shape index (κ2) is 6.70. The third-order valence-corrected chi connectivity index (χ3v) is 3.87. The molecular formula is C18H12F4N2O2. The van der Waals surface area contributed by atoms with Crippen LogP contribution in [0.1, 0.15) is 21.6 Å². The fourth-order valence-corrected chi connectivity index (χ4v) is 2.58. The first-order chi connectivity index (χ1) is 12.3. The molecule has 8 heteroatoms. The van der Waals surface area contributed by atoms with E-state index < -0.39 is 42.0 Å². The molecule has 3 aromatic rings. The van der Waals surface area contributed by atoms with Gasteiger partial charge in [0.2, 0.25) is 0 Å². The van der Waals surface area contributed by atoms with E-state index in [0.717, 1.165) is 22.8 Å². The van der Waals surface area contributed by atoms with Crippen molar-refractivity contribution in [1.29, 1.82) is 0 Å². The Morgan fingerprint density at radius 3 is 2.38 bits per heavy atom. The molecule has 0 spiro atoms. The Labute approximate surface area is 144 Å². The zero-order valence-electron chi connectivity index (χ0n) is 13.3. The van der Waals surface area contributed by atoms with Crippen molar-refractivity contribution in [2.45, 2.75) is 19.4 Å². The number of aromatic nitrogens is 2. The quantitative estimate of drug-likeness (QED) is 0.523. The lowest BCUT2D eigenvalue weighted by molar-refractivity contribution is -0.137. The van der Waals surface area contributed by atoms with E-state index in [-0.39, 0.29) is 11.0 Å². The number of fused-ring (bicyclic) bond motifs is 1. The summed E-state index contributed by atoms with van der Waals surface area (Å²) in [5.74, 6) is -0.426. The largest absolute Gasteiger partial charge is 0.416 e. The molecule has 0 radical (unpaired) electrons. The molecule has 4 nitrogen and oxygen atoms in total.